The van der Waals surface area contributed by atoms with E-state index in [0.717, 1.165) is 11.3 Å². The van der Waals surface area contributed by atoms with E-state index in [1.165, 1.54) is 11.0 Å². The zero-order valence-electron chi connectivity index (χ0n) is 13.1. The summed E-state index contributed by atoms with van der Waals surface area (Å²) >= 11 is 0. The molecule has 1 aliphatic rings. The average molecular weight is 319 g/mol. The Morgan fingerprint density at radius 2 is 1.91 bits per heavy atom. The van der Waals surface area contributed by atoms with Crippen LogP contribution in [-0.2, 0) is 9.53 Å². The number of amides is 1. The number of nitrogens with zero attached hydrogens (tertiary/aromatic N) is 1. The molecule has 2 rings (SSSR count). The highest BCUT2D eigenvalue weighted by atomic mass is 16.5. The number of hydrogen-bond donors (Lipinski definition) is 1. The Morgan fingerprint density at radius 1 is 1.26 bits per heavy atom. The normalized spacial score (nSPS) is 15.6. The minimum atomic E-state index is -0.874. The maximum Gasteiger partial charge on any atom is 0.407 e. The number of benzene rings is 1. The molecule has 124 valence electrons. The number of carboxylic acid groups (broad SMARTS) is 1. The summed E-state index contributed by atoms with van der Waals surface area (Å²) < 4.78 is 10.7. The molecule has 6 heteroatoms. The fourth-order valence-corrected chi connectivity index (χ4v) is 2.37. The predicted molar refractivity (Wildman–Crippen MR) is 85.4 cm³/mol. The second kappa shape index (κ2) is 8.22. The van der Waals surface area contributed by atoms with Crippen LogP contribution >= 0.6 is 0 Å². The van der Waals surface area contributed by atoms with Gasteiger partial charge in [-0.05, 0) is 30.7 Å². The van der Waals surface area contributed by atoms with Gasteiger partial charge in [-0.15, -0.1) is 0 Å². The Labute approximate surface area is 135 Å². The van der Waals surface area contributed by atoms with Crippen molar-refractivity contribution < 1.29 is 24.2 Å². The van der Waals surface area contributed by atoms with Gasteiger partial charge in [-0.25, -0.2) is 9.59 Å². The minimum Gasteiger partial charge on any atom is -0.490 e. The van der Waals surface area contributed by atoms with Crippen LogP contribution in [0.15, 0.2) is 30.3 Å². The number of carbonyl (C=O) groups is 2. The third kappa shape index (κ3) is 5.32. The van der Waals surface area contributed by atoms with Crippen LogP contribution in [-0.4, -0.2) is 47.9 Å². The molecule has 0 spiro atoms. The van der Waals surface area contributed by atoms with E-state index in [9.17, 15) is 9.59 Å². The monoisotopic (exact) mass is 319 g/mol. The molecule has 1 aliphatic heterocycles. The molecule has 1 heterocycles. The van der Waals surface area contributed by atoms with Crippen LogP contribution in [0.1, 0.15) is 25.3 Å². The zero-order chi connectivity index (χ0) is 16.7. The summed E-state index contributed by atoms with van der Waals surface area (Å²) in [5.41, 5.74) is 0.881. The quantitative estimate of drug-likeness (QED) is 0.667. The second-order valence-electron chi connectivity index (χ2n) is 5.24. The van der Waals surface area contributed by atoms with Crippen LogP contribution in [0.3, 0.4) is 0 Å². The first kappa shape index (κ1) is 16.9. The molecule has 0 unspecified atom stereocenters. The number of likely N-dealkylation sites (tertiary alicyclic amines) is 1. The molecule has 1 aromatic carbocycles. The highest BCUT2D eigenvalue weighted by Crippen LogP contribution is 2.20. The molecule has 1 aromatic rings. The van der Waals surface area contributed by atoms with Crippen LogP contribution < -0.4 is 4.74 Å². The average Bonchev–Trinajstić information content (AvgIpc) is 2.55. The summed E-state index contributed by atoms with van der Waals surface area (Å²) in [6.45, 7) is 3.12. The fraction of sp³-hybridized carbons (Fsp3) is 0.412. The highest BCUT2D eigenvalue weighted by Gasteiger charge is 2.23. The van der Waals surface area contributed by atoms with Crippen LogP contribution in [0.4, 0.5) is 4.79 Å². The molecule has 6 nitrogen and oxygen atoms in total. The van der Waals surface area contributed by atoms with Crippen molar-refractivity contribution in [2.75, 3.05) is 19.7 Å². The van der Waals surface area contributed by atoms with Gasteiger partial charge >= 0.3 is 12.1 Å². The van der Waals surface area contributed by atoms with Crippen LogP contribution in [0.25, 0.3) is 6.08 Å². The van der Waals surface area contributed by atoms with Crippen molar-refractivity contribution in [3.8, 4) is 5.75 Å². The van der Waals surface area contributed by atoms with Crippen molar-refractivity contribution in [1.82, 2.24) is 4.90 Å². The first-order chi connectivity index (χ1) is 11.1. The van der Waals surface area contributed by atoms with E-state index in [0.29, 0.717) is 32.5 Å². The summed E-state index contributed by atoms with van der Waals surface area (Å²) in [5.74, 6) is 0.380. The first-order valence-corrected chi connectivity index (χ1v) is 7.68. The fourth-order valence-electron chi connectivity index (χ4n) is 2.37. The van der Waals surface area contributed by atoms with Gasteiger partial charge in [0.05, 0.1) is 6.61 Å². The Kier molecular flexibility index (Phi) is 6.02. The number of rotatable bonds is 5. The molecule has 0 radical (unpaired) electrons. The van der Waals surface area contributed by atoms with Crippen molar-refractivity contribution in [3.05, 3.63) is 35.9 Å². The third-order valence-corrected chi connectivity index (χ3v) is 3.59. The Hall–Kier alpha value is -2.50. The van der Waals surface area contributed by atoms with E-state index in [1.807, 2.05) is 24.3 Å². The van der Waals surface area contributed by atoms with Gasteiger partial charge in [0, 0.05) is 32.0 Å². The molecule has 0 atom stereocenters. The van der Waals surface area contributed by atoms with Gasteiger partial charge in [-0.2, -0.15) is 0 Å². The lowest BCUT2D eigenvalue weighted by atomic mass is 10.1. The van der Waals surface area contributed by atoms with Crippen LogP contribution in [0, 0.1) is 0 Å². The van der Waals surface area contributed by atoms with E-state index < -0.39 is 6.09 Å². The van der Waals surface area contributed by atoms with Gasteiger partial charge in [0.25, 0.3) is 0 Å². The van der Waals surface area contributed by atoms with E-state index >= 15 is 0 Å². The number of piperidine rings is 1. The number of hydrogen-bond acceptors (Lipinski definition) is 4. The first-order valence-electron chi connectivity index (χ1n) is 7.68. The smallest absolute Gasteiger partial charge is 0.407 e. The van der Waals surface area contributed by atoms with Gasteiger partial charge in [-0.1, -0.05) is 12.1 Å². The number of ether oxygens (including phenoxy) is 2. The summed E-state index contributed by atoms with van der Waals surface area (Å²) in [5, 5.41) is 8.91. The van der Waals surface area contributed by atoms with Gasteiger partial charge < -0.3 is 19.5 Å². The molecule has 1 fully saturated rings. The predicted octanol–water partition coefficient (Wildman–Crippen LogP) is 2.78. The third-order valence-electron chi connectivity index (χ3n) is 3.59. The van der Waals surface area contributed by atoms with E-state index in [1.54, 1.807) is 13.0 Å². The van der Waals surface area contributed by atoms with Crippen molar-refractivity contribution in [2.45, 2.75) is 25.9 Å². The van der Waals surface area contributed by atoms with Crippen molar-refractivity contribution >= 4 is 18.1 Å². The lowest BCUT2D eigenvalue weighted by Gasteiger charge is -2.30. The summed E-state index contributed by atoms with van der Waals surface area (Å²) in [4.78, 5) is 23.5. The van der Waals surface area contributed by atoms with Gasteiger partial charge in [0.2, 0.25) is 0 Å². The van der Waals surface area contributed by atoms with E-state index in [4.69, 9.17) is 14.6 Å². The zero-order valence-corrected chi connectivity index (χ0v) is 13.1. The summed E-state index contributed by atoms with van der Waals surface area (Å²) in [6.07, 6.45) is 3.62. The summed E-state index contributed by atoms with van der Waals surface area (Å²) in [7, 11) is 0. The maximum atomic E-state index is 11.2. The standard InChI is InChI=1S/C17H21NO5/c1-2-22-16(19)8-5-13-3-6-14(7-4-13)23-15-9-11-18(12-10-15)17(20)21/h3-8,15H,2,9-12H2,1H3,(H,20,21)/b8-5+. The number of carbonyl (C=O) groups excluding carboxylic acids is 1. The molecule has 23 heavy (non-hydrogen) atoms. The molecular formula is C17H21NO5. The topological polar surface area (TPSA) is 76.1 Å². The Balaban J connectivity index is 1.84. The van der Waals surface area contributed by atoms with Gasteiger partial charge in [-0.3, -0.25) is 0 Å². The number of esters is 1. The molecule has 0 bridgehead atoms. The largest absolute Gasteiger partial charge is 0.490 e. The lowest BCUT2D eigenvalue weighted by Crippen LogP contribution is -2.41. The molecule has 0 saturated carbocycles. The van der Waals surface area contributed by atoms with Crippen molar-refractivity contribution in [3.63, 3.8) is 0 Å². The Morgan fingerprint density at radius 3 is 2.48 bits per heavy atom. The molecule has 0 aliphatic carbocycles. The Bertz CT molecular complexity index is 559. The molecule has 1 amide bonds. The molecule has 1 saturated heterocycles. The van der Waals surface area contributed by atoms with Crippen LogP contribution in [0.5, 0.6) is 5.75 Å². The molecule has 0 aromatic heterocycles. The summed E-state index contributed by atoms with van der Waals surface area (Å²) in [6, 6.07) is 7.40. The lowest BCUT2D eigenvalue weighted by molar-refractivity contribution is -0.137. The minimum absolute atomic E-state index is 0.0338. The van der Waals surface area contributed by atoms with Crippen molar-refractivity contribution in [1.29, 1.82) is 0 Å². The SMILES string of the molecule is CCOC(=O)/C=C/c1ccc(OC2CCN(C(=O)O)CC2)cc1. The highest BCUT2D eigenvalue weighted by molar-refractivity contribution is 5.87. The van der Waals surface area contributed by atoms with Crippen LogP contribution in [0.2, 0.25) is 0 Å². The van der Waals surface area contributed by atoms with Gasteiger partial charge in [0.1, 0.15) is 11.9 Å². The molecular weight excluding hydrogens is 298 g/mol. The maximum absolute atomic E-state index is 11.2. The van der Waals surface area contributed by atoms with Crippen molar-refractivity contribution in [2.24, 2.45) is 0 Å². The van der Waals surface area contributed by atoms with Gasteiger partial charge in [0.15, 0.2) is 0 Å². The molecule has 1 N–H and O–H groups in total. The second-order valence-corrected chi connectivity index (χ2v) is 5.24. The van der Waals surface area contributed by atoms with E-state index in [-0.39, 0.29) is 12.1 Å². The van der Waals surface area contributed by atoms with E-state index in [2.05, 4.69) is 0 Å².